The molecule has 39 heavy (non-hydrogen) atoms. The second-order valence-electron chi connectivity index (χ2n) is 8.53. The second-order valence-corrected chi connectivity index (χ2v) is 8.53. The van der Waals surface area contributed by atoms with E-state index in [9.17, 15) is 23.2 Å². The van der Waals surface area contributed by atoms with Gasteiger partial charge < -0.3 is 24.7 Å². The van der Waals surface area contributed by atoms with E-state index in [1.807, 2.05) is 0 Å². The first kappa shape index (κ1) is 27.1. The number of carbonyl (C=O) groups excluding carboxylic acids is 2. The highest BCUT2D eigenvalue weighted by Crippen LogP contribution is 2.40. The molecule has 0 radical (unpaired) electrons. The van der Waals surface area contributed by atoms with Crippen molar-refractivity contribution in [3.05, 3.63) is 100 Å². The molecular weight excluding hydrogens is 508 g/mol. The molecule has 2 N–H and O–H groups in total. The van der Waals surface area contributed by atoms with Crippen LogP contribution in [0.3, 0.4) is 0 Å². The lowest BCUT2D eigenvalue weighted by molar-refractivity contribution is -0.114. The van der Waals surface area contributed by atoms with Gasteiger partial charge in [0.05, 0.1) is 6.61 Å². The lowest BCUT2D eigenvalue weighted by Crippen LogP contribution is -2.16. The molecule has 0 aliphatic carbocycles. The van der Waals surface area contributed by atoms with E-state index in [0.29, 0.717) is 34.1 Å². The van der Waals surface area contributed by atoms with Crippen LogP contribution >= 0.6 is 0 Å². The third kappa shape index (κ3) is 6.48. The van der Waals surface area contributed by atoms with Crippen molar-refractivity contribution < 1.29 is 27.8 Å². The van der Waals surface area contributed by atoms with Gasteiger partial charge in [0, 0.05) is 60.4 Å². The summed E-state index contributed by atoms with van der Waals surface area (Å²) in [6.07, 6.45) is 1.54. The standard InChI is InChI=1S/C29H25F2N3O5/c1-4-38-27-15-28(36)34(3)16-23(27)22-14-21(10-12-25(22)39-26-11-7-19(30)13-24(26)31)33-29(37)18-5-8-20(9-6-18)32-17(2)35/h5-16H,4H2,1-3H3,(H,32,35)(H,33,37). The van der Waals surface area contributed by atoms with E-state index < -0.39 is 17.5 Å². The maximum absolute atomic E-state index is 14.4. The van der Waals surface area contributed by atoms with Crippen LogP contribution in [0.4, 0.5) is 20.2 Å². The van der Waals surface area contributed by atoms with Crippen LogP contribution in [0.2, 0.25) is 0 Å². The molecule has 1 aromatic heterocycles. The van der Waals surface area contributed by atoms with Crippen LogP contribution in [0.15, 0.2) is 77.7 Å². The first-order chi connectivity index (χ1) is 18.6. The number of ether oxygens (including phenoxy) is 2. The highest BCUT2D eigenvalue weighted by molar-refractivity contribution is 6.05. The Balaban J connectivity index is 1.74. The zero-order valence-electron chi connectivity index (χ0n) is 21.4. The third-order valence-corrected chi connectivity index (χ3v) is 5.60. The van der Waals surface area contributed by atoms with Crippen molar-refractivity contribution >= 4 is 23.2 Å². The number of pyridine rings is 1. The van der Waals surface area contributed by atoms with Crippen LogP contribution in [0.5, 0.6) is 17.2 Å². The largest absolute Gasteiger partial charge is 0.493 e. The van der Waals surface area contributed by atoms with Crippen molar-refractivity contribution in [1.82, 2.24) is 4.57 Å². The number of hydrogen-bond donors (Lipinski definition) is 2. The van der Waals surface area contributed by atoms with E-state index in [4.69, 9.17) is 9.47 Å². The van der Waals surface area contributed by atoms with Gasteiger partial charge in [0.2, 0.25) is 5.91 Å². The van der Waals surface area contributed by atoms with Crippen molar-refractivity contribution in [2.45, 2.75) is 13.8 Å². The number of benzene rings is 3. The molecule has 3 aromatic carbocycles. The predicted octanol–water partition coefficient (Wildman–Crippen LogP) is 5.73. The Kier molecular flexibility index (Phi) is 8.04. The van der Waals surface area contributed by atoms with Gasteiger partial charge >= 0.3 is 0 Å². The molecule has 0 saturated carbocycles. The summed E-state index contributed by atoms with van der Waals surface area (Å²) >= 11 is 0. The molecule has 0 unspecified atom stereocenters. The molecule has 0 spiro atoms. The smallest absolute Gasteiger partial charge is 0.255 e. The Bertz CT molecular complexity index is 1600. The number of amides is 2. The van der Waals surface area contributed by atoms with Gasteiger partial charge in [0.15, 0.2) is 11.6 Å². The molecule has 4 rings (SSSR count). The molecule has 2 amide bonds. The van der Waals surface area contributed by atoms with Gasteiger partial charge in [-0.15, -0.1) is 0 Å². The quantitative estimate of drug-likeness (QED) is 0.301. The minimum Gasteiger partial charge on any atom is -0.493 e. The van der Waals surface area contributed by atoms with E-state index >= 15 is 0 Å². The summed E-state index contributed by atoms with van der Waals surface area (Å²) in [4.78, 5) is 36.5. The normalized spacial score (nSPS) is 10.6. The molecule has 1 heterocycles. The number of carbonyl (C=O) groups is 2. The monoisotopic (exact) mass is 533 g/mol. The summed E-state index contributed by atoms with van der Waals surface area (Å²) in [5.41, 5.74) is 1.81. The third-order valence-electron chi connectivity index (χ3n) is 5.60. The van der Waals surface area contributed by atoms with E-state index in [1.165, 1.54) is 29.7 Å². The number of aryl methyl sites for hydroxylation is 1. The summed E-state index contributed by atoms with van der Waals surface area (Å²) in [6, 6.07) is 15.3. The lowest BCUT2D eigenvalue weighted by atomic mass is 10.0. The first-order valence-corrected chi connectivity index (χ1v) is 11.9. The van der Waals surface area contributed by atoms with Crippen molar-refractivity contribution in [2.75, 3.05) is 17.2 Å². The molecule has 10 heteroatoms. The van der Waals surface area contributed by atoms with Gasteiger partial charge in [-0.25, -0.2) is 8.78 Å². The Morgan fingerprint density at radius 2 is 1.54 bits per heavy atom. The zero-order chi connectivity index (χ0) is 28.1. The summed E-state index contributed by atoms with van der Waals surface area (Å²) in [5.74, 6) is -2.06. The van der Waals surface area contributed by atoms with Gasteiger partial charge in [-0.3, -0.25) is 14.4 Å². The number of nitrogens with one attached hydrogen (secondary N) is 2. The summed E-state index contributed by atoms with van der Waals surface area (Å²) < 4.78 is 40.7. The van der Waals surface area contributed by atoms with E-state index in [-0.39, 0.29) is 35.3 Å². The van der Waals surface area contributed by atoms with Crippen LogP contribution < -0.4 is 25.7 Å². The Hall–Kier alpha value is -4.99. The van der Waals surface area contributed by atoms with Crippen LogP contribution in [0.25, 0.3) is 11.1 Å². The van der Waals surface area contributed by atoms with Gasteiger partial charge in [-0.05, 0) is 61.5 Å². The van der Waals surface area contributed by atoms with Crippen molar-refractivity contribution in [3.63, 3.8) is 0 Å². The number of aromatic nitrogens is 1. The summed E-state index contributed by atoms with van der Waals surface area (Å²) in [5, 5.41) is 5.44. The van der Waals surface area contributed by atoms with E-state index in [2.05, 4.69) is 10.6 Å². The average Bonchev–Trinajstić information content (AvgIpc) is 2.89. The molecule has 0 bridgehead atoms. The molecule has 8 nitrogen and oxygen atoms in total. The number of anilines is 2. The zero-order valence-corrected chi connectivity index (χ0v) is 21.4. The number of hydrogen-bond acceptors (Lipinski definition) is 5. The first-order valence-electron chi connectivity index (χ1n) is 11.9. The topological polar surface area (TPSA) is 98.7 Å². The van der Waals surface area contributed by atoms with E-state index in [1.54, 1.807) is 56.6 Å². The average molecular weight is 534 g/mol. The molecule has 0 aliphatic rings. The minimum atomic E-state index is -0.897. The Morgan fingerprint density at radius 3 is 2.21 bits per heavy atom. The van der Waals surface area contributed by atoms with Crippen LogP contribution in [-0.4, -0.2) is 23.0 Å². The number of halogens is 2. The molecule has 4 aromatic rings. The molecule has 200 valence electrons. The maximum Gasteiger partial charge on any atom is 0.255 e. The van der Waals surface area contributed by atoms with E-state index in [0.717, 1.165) is 6.07 Å². The fourth-order valence-corrected chi connectivity index (χ4v) is 3.78. The lowest BCUT2D eigenvalue weighted by Gasteiger charge is -2.17. The molecule has 0 aliphatic heterocycles. The fourth-order valence-electron chi connectivity index (χ4n) is 3.78. The Labute approximate surface area is 222 Å². The highest BCUT2D eigenvalue weighted by Gasteiger charge is 2.18. The van der Waals surface area contributed by atoms with Crippen molar-refractivity contribution in [2.24, 2.45) is 7.05 Å². The number of rotatable bonds is 8. The van der Waals surface area contributed by atoms with Gasteiger partial charge in [0.25, 0.3) is 11.5 Å². The van der Waals surface area contributed by atoms with Gasteiger partial charge in [-0.2, -0.15) is 0 Å². The van der Waals surface area contributed by atoms with Crippen molar-refractivity contribution in [1.29, 1.82) is 0 Å². The Morgan fingerprint density at radius 1 is 0.846 bits per heavy atom. The minimum absolute atomic E-state index is 0.178. The highest BCUT2D eigenvalue weighted by atomic mass is 19.1. The maximum atomic E-state index is 14.4. The molecule has 0 saturated heterocycles. The second kappa shape index (κ2) is 11.6. The van der Waals surface area contributed by atoms with Crippen molar-refractivity contribution in [3.8, 4) is 28.4 Å². The fraction of sp³-hybridized carbons (Fsp3) is 0.138. The molecule has 0 fully saturated rings. The number of nitrogens with zero attached hydrogens (tertiary/aromatic N) is 1. The van der Waals surface area contributed by atoms with Crippen LogP contribution in [-0.2, 0) is 11.8 Å². The summed E-state index contributed by atoms with van der Waals surface area (Å²) in [6.45, 7) is 3.42. The predicted molar refractivity (Wildman–Crippen MR) is 143 cm³/mol. The van der Waals surface area contributed by atoms with Crippen LogP contribution in [0, 0.1) is 11.6 Å². The van der Waals surface area contributed by atoms with Gasteiger partial charge in [0.1, 0.15) is 17.3 Å². The summed E-state index contributed by atoms with van der Waals surface area (Å²) in [7, 11) is 1.57. The van der Waals surface area contributed by atoms with Crippen LogP contribution in [0.1, 0.15) is 24.2 Å². The van der Waals surface area contributed by atoms with Gasteiger partial charge in [-0.1, -0.05) is 0 Å². The SMILES string of the molecule is CCOc1cc(=O)n(C)cc1-c1cc(NC(=O)c2ccc(NC(C)=O)cc2)ccc1Oc1ccc(F)cc1F. The molecular formula is C29H25F2N3O5. The molecule has 0 atom stereocenters.